The molecule has 0 fully saturated rings. The number of imide groups is 1. The summed E-state index contributed by atoms with van der Waals surface area (Å²) in [6.07, 6.45) is 1.35. The molecule has 160 valence electrons. The maximum absolute atomic E-state index is 12.9. The van der Waals surface area contributed by atoms with E-state index in [0.717, 1.165) is 20.6 Å². The van der Waals surface area contributed by atoms with Crippen LogP contribution in [0, 0.1) is 0 Å². The van der Waals surface area contributed by atoms with Crippen molar-refractivity contribution in [1.82, 2.24) is 15.2 Å². The summed E-state index contributed by atoms with van der Waals surface area (Å²) in [5.41, 5.74) is 2.06. The number of rotatable bonds is 7. The Morgan fingerprint density at radius 1 is 0.938 bits per heavy atom. The quantitative estimate of drug-likeness (QED) is 0.435. The second-order valence-corrected chi connectivity index (χ2v) is 8.87. The topological polar surface area (TPSA) is 79.4 Å². The summed E-state index contributed by atoms with van der Waals surface area (Å²) >= 11 is 1.63. The molecule has 4 aromatic rings. The van der Waals surface area contributed by atoms with Crippen LogP contribution in [0.1, 0.15) is 38.6 Å². The minimum Gasteiger partial charge on any atom is -0.356 e. The first kappa shape index (κ1) is 20.3. The van der Waals surface area contributed by atoms with Gasteiger partial charge in [0.2, 0.25) is 5.91 Å². The number of amides is 3. The van der Waals surface area contributed by atoms with E-state index in [1.165, 1.54) is 4.90 Å². The summed E-state index contributed by atoms with van der Waals surface area (Å²) in [5.74, 6) is -0.684. The van der Waals surface area contributed by atoms with Crippen LogP contribution >= 0.6 is 11.3 Å². The second kappa shape index (κ2) is 8.51. The van der Waals surface area contributed by atoms with Crippen LogP contribution in [0.2, 0.25) is 0 Å². The van der Waals surface area contributed by atoms with Crippen molar-refractivity contribution < 1.29 is 14.4 Å². The molecule has 32 heavy (non-hydrogen) atoms. The molecule has 0 radical (unpaired) electrons. The smallest absolute Gasteiger partial charge is 0.261 e. The number of carbonyl (C=O) groups is 3. The molecule has 1 aliphatic rings. The zero-order valence-electron chi connectivity index (χ0n) is 17.3. The van der Waals surface area contributed by atoms with Gasteiger partial charge in [0.1, 0.15) is 0 Å². The van der Waals surface area contributed by atoms with Gasteiger partial charge in [0.15, 0.2) is 0 Å². The van der Waals surface area contributed by atoms with Crippen LogP contribution in [0.4, 0.5) is 0 Å². The Labute approximate surface area is 188 Å². The average molecular weight is 444 g/mol. The lowest BCUT2D eigenvalue weighted by atomic mass is 9.94. The molecule has 1 N–H and O–H groups in total. The molecule has 1 aliphatic heterocycles. The normalized spacial score (nSPS) is 13.2. The van der Waals surface area contributed by atoms with Crippen LogP contribution in [-0.4, -0.2) is 40.7 Å². The molecule has 3 aromatic carbocycles. The van der Waals surface area contributed by atoms with Gasteiger partial charge in [-0.25, -0.2) is 4.98 Å². The Kier molecular flexibility index (Phi) is 5.41. The Morgan fingerprint density at radius 3 is 2.38 bits per heavy atom. The zero-order chi connectivity index (χ0) is 22.1. The number of para-hydroxylation sites is 1. The number of nitrogens with zero attached hydrogens (tertiary/aromatic N) is 2. The number of hydrogen-bond donors (Lipinski definition) is 1. The van der Waals surface area contributed by atoms with Gasteiger partial charge in [-0.05, 0) is 36.1 Å². The highest BCUT2D eigenvalue weighted by atomic mass is 32.1. The number of carbonyl (C=O) groups excluding carboxylic acids is 3. The lowest BCUT2D eigenvalue weighted by Crippen LogP contribution is -2.41. The fourth-order valence-corrected chi connectivity index (χ4v) is 5.07. The first-order valence-corrected chi connectivity index (χ1v) is 11.4. The molecule has 0 aliphatic carbocycles. The molecule has 0 saturated carbocycles. The number of thiazole rings is 1. The Morgan fingerprint density at radius 2 is 1.66 bits per heavy atom. The van der Waals surface area contributed by atoms with Gasteiger partial charge in [-0.15, -0.1) is 11.3 Å². The lowest BCUT2D eigenvalue weighted by molar-refractivity contribution is -0.121. The zero-order valence-corrected chi connectivity index (χ0v) is 18.2. The van der Waals surface area contributed by atoms with Crippen LogP contribution in [0.3, 0.4) is 0 Å². The Balaban J connectivity index is 1.14. The summed E-state index contributed by atoms with van der Waals surface area (Å²) in [4.78, 5) is 43.9. The second-order valence-electron chi connectivity index (χ2n) is 7.75. The number of benzene rings is 3. The standard InChI is InChI=1S/C25H21N3O3S/c29-21(26-14-13-22-27-19-10-1-2-11-20(19)32-22)12-5-15-28-24(30)17-8-3-6-16-7-4-9-18(23(16)17)25(28)31/h1-4,6-11H,5,12-15H2,(H,26,29). The van der Waals surface area contributed by atoms with Crippen molar-refractivity contribution in [3.8, 4) is 0 Å². The molecule has 5 rings (SSSR count). The van der Waals surface area contributed by atoms with Crippen molar-refractivity contribution in [1.29, 1.82) is 0 Å². The molecular weight excluding hydrogens is 422 g/mol. The van der Waals surface area contributed by atoms with Crippen LogP contribution in [0.15, 0.2) is 60.7 Å². The third-order valence-electron chi connectivity index (χ3n) is 5.64. The van der Waals surface area contributed by atoms with Crippen LogP contribution in [-0.2, 0) is 11.2 Å². The minimum absolute atomic E-state index is 0.0921. The van der Waals surface area contributed by atoms with Gasteiger partial charge in [0.05, 0.1) is 15.2 Å². The number of hydrogen-bond acceptors (Lipinski definition) is 5. The Hall–Kier alpha value is -3.58. The van der Waals surface area contributed by atoms with E-state index in [9.17, 15) is 14.4 Å². The molecule has 0 atom stereocenters. The summed E-state index contributed by atoms with van der Waals surface area (Å²) in [5, 5.41) is 5.50. The van der Waals surface area contributed by atoms with Gasteiger partial charge >= 0.3 is 0 Å². The third kappa shape index (κ3) is 3.76. The van der Waals surface area contributed by atoms with Gasteiger partial charge < -0.3 is 5.32 Å². The van der Waals surface area contributed by atoms with Crippen LogP contribution in [0.25, 0.3) is 21.0 Å². The highest BCUT2D eigenvalue weighted by molar-refractivity contribution is 7.18. The maximum Gasteiger partial charge on any atom is 0.261 e. The molecule has 0 spiro atoms. The Bertz CT molecular complexity index is 1280. The van der Waals surface area contributed by atoms with Crippen molar-refractivity contribution in [2.45, 2.75) is 19.3 Å². The van der Waals surface area contributed by atoms with E-state index in [1.807, 2.05) is 48.5 Å². The third-order valence-corrected chi connectivity index (χ3v) is 6.74. The van der Waals surface area contributed by atoms with Crippen LogP contribution < -0.4 is 5.32 Å². The average Bonchev–Trinajstić information content (AvgIpc) is 3.22. The van der Waals surface area contributed by atoms with Gasteiger partial charge in [-0.1, -0.05) is 36.4 Å². The van der Waals surface area contributed by atoms with E-state index in [1.54, 1.807) is 23.5 Å². The first-order valence-electron chi connectivity index (χ1n) is 10.6. The molecule has 0 bridgehead atoms. The number of aromatic nitrogens is 1. The monoisotopic (exact) mass is 443 g/mol. The largest absolute Gasteiger partial charge is 0.356 e. The van der Waals surface area contributed by atoms with Gasteiger partial charge in [-0.2, -0.15) is 0 Å². The summed E-state index contributed by atoms with van der Waals surface area (Å²) in [7, 11) is 0. The predicted octanol–water partition coefficient (Wildman–Crippen LogP) is 4.18. The SMILES string of the molecule is O=C(CCCN1C(=O)c2cccc3cccc(c23)C1=O)NCCc1nc2ccccc2s1. The summed E-state index contributed by atoms with van der Waals surface area (Å²) in [6.45, 7) is 0.725. The van der Waals surface area contributed by atoms with Gasteiger partial charge in [0, 0.05) is 42.4 Å². The van der Waals surface area contributed by atoms with Crippen molar-refractivity contribution in [2.24, 2.45) is 0 Å². The number of fused-ring (bicyclic) bond motifs is 1. The summed E-state index contributed by atoms with van der Waals surface area (Å²) in [6, 6.07) is 18.9. The highest BCUT2D eigenvalue weighted by Gasteiger charge is 2.32. The lowest BCUT2D eigenvalue weighted by Gasteiger charge is -2.27. The first-order chi connectivity index (χ1) is 15.6. The van der Waals surface area contributed by atoms with E-state index >= 15 is 0 Å². The molecule has 2 heterocycles. The van der Waals surface area contributed by atoms with Crippen molar-refractivity contribution >= 4 is 50.0 Å². The molecule has 0 saturated heterocycles. The maximum atomic E-state index is 12.9. The molecule has 0 unspecified atom stereocenters. The minimum atomic E-state index is -0.296. The molecule has 6 nitrogen and oxygen atoms in total. The highest BCUT2D eigenvalue weighted by Crippen LogP contribution is 2.30. The van der Waals surface area contributed by atoms with E-state index in [0.29, 0.717) is 35.9 Å². The summed E-state index contributed by atoms with van der Waals surface area (Å²) < 4.78 is 1.14. The molecule has 7 heteroatoms. The van der Waals surface area contributed by atoms with Crippen LogP contribution in [0.5, 0.6) is 0 Å². The molecular formula is C25H21N3O3S. The van der Waals surface area contributed by atoms with Crippen molar-refractivity contribution in [2.75, 3.05) is 13.1 Å². The van der Waals surface area contributed by atoms with E-state index in [-0.39, 0.29) is 30.7 Å². The molecule has 1 aromatic heterocycles. The fourth-order valence-electron chi connectivity index (χ4n) is 4.11. The van der Waals surface area contributed by atoms with Crippen molar-refractivity contribution in [3.05, 3.63) is 76.8 Å². The predicted molar refractivity (Wildman–Crippen MR) is 125 cm³/mol. The van der Waals surface area contributed by atoms with E-state index in [2.05, 4.69) is 10.3 Å². The van der Waals surface area contributed by atoms with Gasteiger partial charge in [0.25, 0.3) is 11.8 Å². The van der Waals surface area contributed by atoms with Crippen molar-refractivity contribution in [3.63, 3.8) is 0 Å². The molecule has 3 amide bonds. The van der Waals surface area contributed by atoms with E-state index < -0.39 is 0 Å². The number of nitrogens with one attached hydrogen (secondary N) is 1. The fraction of sp³-hybridized carbons (Fsp3) is 0.200. The van der Waals surface area contributed by atoms with E-state index in [4.69, 9.17) is 0 Å². The van der Waals surface area contributed by atoms with Gasteiger partial charge in [-0.3, -0.25) is 19.3 Å².